The molecule has 0 bridgehead atoms. The topological polar surface area (TPSA) is 64.4 Å². The molecule has 2 aliphatic carbocycles. The van der Waals surface area contributed by atoms with Crippen molar-refractivity contribution in [2.45, 2.75) is 38.3 Å². The molecule has 3 rings (SSSR count). The van der Waals surface area contributed by atoms with Gasteiger partial charge in [-0.05, 0) is 43.6 Å². The van der Waals surface area contributed by atoms with Crippen LogP contribution >= 0.6 is 0 Å². The molecule has 0 aromatic heterocycles. The van der Waals surface area contributed by atoms with Crippen molar-refractivity contribution in [2.24, 2.45) is 11.8 Å². The minimum absolute atomic E-state index is 0.122. The Morgan fingerprint density at radius 1 is 1.35 bits per heavy atom. The van der Waals surface area contributed by atoms with E-state index in [1.165, 1.54) is 25.7 Å². The van der Waals surface area contributed by atoms with Gasteiger partial charge in [-0.15, -0.1) is 0 Å². The van der Waals surface area contributed by atoms with E-state index >= 15 is 0 Å². The van der Waals surface area contributed by atoms with Crippen LogP contribution in [0.1, 0.15) is 31.2 Å². The summed E-state index contributed by atoms with van der Waals surface area (Å²) in [5, 5.41) is 14.5. The number of methoxy groups -OCH3 is 1. The third kappa shape index (κ3) is 2.93. The van der Waals surface area contributed by atoms with Gasteiger partial charge < -0.3 is 10.1 Å². The number of nitrogens with zero attached hydrogens (tertiary/aromatic N) is 1. The molecular weight excluding hydrogens is 256 g/mol. The normalized spacial score (nSPS) is 18.3. The second-order valence-corrected chi connectivity index (χ2v) is 5.88. The van der Waals surface area contributed by atoms with Crippen LogP contribution in [0, 0.1) is 22.0 Å². The smallest absolute Gasteiger partial charge is 0.269 e. The Bertz CT molecular complexity index is 498. The zero-order valence-corrected chi connectivity index (χ0v) is 11.7. The molecule has 0 radical (unpaired) electrons. The number of rotatable bonds is 7. The van der Waals surface area contributed by atoms with Crippen LogP contribution in [-0.2, 0) is 11.3 Å². The van der Waals surface area contributed by atoms with E-state index in [9.17, 15) is 10.1 Å². The monoisotopic (exact) mass is 276 g/mol. The largest absolute Gasteiger partial charge is 0.381 e. The van der Waals surface area contributed by atoms with Crippen LogP contribution in [0.5, 0.6) is 0 Å². The minimum Gasteiger partial charge on any atom is -0.381 e. The summed E-state index contributed by atoms with van der Waals surface area (Å²) in [4.78, 5) is 10.5. The summed E-state index contributed by atoms with van der Waals surface area (Å²) in [6.07, 6.45) is 5.23. The van der Waals surface area contributed by atoms with Gasteiger partial charge in [0.05, 0.1) is 11.5 Å². The van der Waals surface area contributed by atoms with Crippen LogP contribution in [-0.4, -0.2) is 18.1 Å². The number of non-ortho nitro benzene ring substituents is 1. The maximum Gasteiger partial charge on any atom is 0.269 e. The van der Waals surface area contributed by atoms with Gasteiger partial charge in [0.25, 0.3) is 5.69 Å². The molecule has 0 amide bonds. The van der Waals surface area contributed by atoms with Gasteiger partial charge >= 0.3 is 0 Å². The number of nitro benzene ring substituents is 1. The lowest BCUT2D eigenvalue weighted by Crippen LogP contribution is -2.25. The fraction of sp³-hybridized carbons (Fsp3) is 0.600. The van der Waals surface area contributed by atoms with Crippen LogP contribution < -0.4 is 5.32 Å². The molecule has 1 N–H and O–H groups in total. The van der Waals surface area contributed by atoms with E-state index in [-0.39, 0.29) is 10.6 Å². The Kier molecular flexibility index (Phi) is 3.61. The highest BCUT2D eigenvalue weighted by atomic mass is 16.6. The van der Waals surface area contributed by atoms with Crippen molar-refractivity contribution in [3.05, 3.63) is 33.9 Å². The molecule has 2 fully saturated rings. The van der Waals surface area contributed by atoms with Crippen molar-refractivity contribution in [2.75, 3.05) is 12.4 Å². The Morgan fingerprint density at radius 3 is 2.50 bits per heavy atom. The van der Waals surface area contributed by atoms with Crippen molar-refractivity contribution in [1.82, 2.24) is 0 Å². The zero-order valence-electron chi connectivity index (χ0n) is 11.7. The minimum atomic E-state index is -0.359. The van der Waals surface area contributed by atoms with Crippen LogP contribution in [0.3, 0.4) is 0 Å². The quantitative estimate of drug-likeness (QED) is 0.612. The van der Waals surface area contributed by atoms with Crippen LogP contribution in [0.2, 0.25) is 0 Å². The first-order valence-electron chi connectivity index (χ1n) is 7.22. The number of nitro groups is 1. The number of hydrogen-bond acceptors (Lipinski definition) is 4. The Morgan fingerprint density at radius 2 is 2.00 bits per heavy atom. The van der Waals surface area contributed by atoms with Gasteiger partial charge in [-0.3, -0.25) is 10.1 Å². The van der Waals surface area contributed by atoms with Gasteiger partial charge in [-0.25, -0.2) is 0 Å². The lowest BCUT2D eigenvalue weighted by Gasteiger charge is -2.21. The highest BCUT2D eigenvalue weighted by Gasteiger charge is 2.41. The lowest BCUT2D eigenvalue weighted by atomic mass is 10.1. The van der Waals surface area contributed by atoms with Gasteiger partial charge in [-0.2, -0.15) is 0 Å². The number of anilines is 1. The average Bonchev–Trinajstić information content (AvgIpc) is 3.28. The van der Waals surface area contributed by atoms with Crippen molar-refractivity contribution in [1.29, 1.82) is 0 Å². The van der Waals surface area contributed by atoms with Gasteiger partial charge in [0.1, 0.15) is 0 Å². The molecule has 0 heterocycles. The predicted octanol–water partition coefficient (Wildman–Crippen LogP) is 3.34. The van der Waals surface area contributed by atoms with E-state index in [1.807, 2.05) is 6.07 Å². The average molecular weight is 276 g/mol. The van der Waals surface area contributed by atoms with E-state index < -0.39 is 0 Å². The number of ether oxygens (including phenoxy) is 1. The van der Waals surface area contributed by atoms with Gasteiger partial charge in [0, 0.05) is 36.5 Å². The van der Waals surface area contributed by atoms with Gasteiger partial charge in [0.15, 0.2) is 0 Å². The lowest BCUT2D eigenvalue weighted by molar-refractivity contribution is -0.384. The zero-order chi connectivity index (χ0) is 14.1. The van der Waals surface area contributed by atoms with Gasteiger partial charge in [0.2, 0.25) is 0 Å². The summed E-state index contributed by atoms with van der Waals surface area (Å²) < 4.78 is 5.17. The van der Waals surface area contributed by atoms with E-state index in [0.29, 0.717) is 12.6 Å². The molecular formula is C15H20N2O3. The van der Waals surface area contributed by atoms with Crippen LogP contribution in [0.25, 0.3) is 0 Å². The highest BCUT2D eigenvalue weighted by Crippen LogP contribution is 2.46. The first-order valence-corrected chi connectivity index (χ1v) is 7.22. The molecule has 0 spiro atoms. The summed E-state index contributed by atoms with van der Waals surface area (Å²) in [6.45, 7) is 0.395. The van der Waals surface area contributed by atoms with E-state index in [0.717, 1.165) is 23.1 Å². The van der Waals surface area contributed by atoms with Crippen molar-refractivity contribution < 1.29 is 9.66 Å². The Labute approximate surface area is 118 Å². The molecule has 5 nitrogen and oxygen atoms in total. The molecule has 5 heteroatoms. The number of benzene rings is 1. The van der Waals surface area contributed by atoms with Crippen molar-refractivity contribution >= 4 is 11.4 Å². The van der Waals surface area contributed by atoms with E-state index in [1.54, 1.807) is 19.2 Å². The molecule has 0 aliphatic heterocycles. The van der Waals surface area contributed by atoms with E-state index in [4.69, 9.17) is 4.74 Å². The standard InChI is InChI=1S/C15H20N2O3/c1-20-9-12-8-13(17(18)19)6-7-14(12)16-15(10-2-3-10)11-4-5-11/h6-8,10-11,15-16H,2-5,9H2,1H3. The maximum atomic E-state index is 10.9. The fourth-order valence-electron chi connectivity index (χ4n) is 2.82. The first-order chi connectivity index (χ1) is 9.69. The molecule has 20 heavy (non-hydrogen) atoms. The summed E-state index contributed by atoms with van der Waals surface area (Å²) in [7, 11) is 1.61. The molecule has 0 saturated heterocycles. The molecule has 1 aromatic carbocycles. The molecule has 2 saturated carbocycles. The first kappa shape index (κ1) is 13.4. The SMILES string of the molecule is COCc1cc([N+](=O)[O-])ccc1NC(C1CC1)C1CC1. The number of nitrogens with one attached hydrogen (secondary N) is 1. The van der Waals surface area contributed by atoms with Crippen molar-refractivity contribution in [3.63, 3.8) is 0 Å². The second kappa shape index (κ2) is 5.40. The van der Waals surface area contributed by atoms with Crippen molar-refractivity contribution in [3.8, 4) is 0 Å². The number of hydrogen-bond donors (Lipinski definition) is 1. The van der Waals surface area contributed by atoms with Crippen LogP contribution in [0.4, 0.5) is 11.4 Å². The summed E-state index contributed by atoms with van der Waals surface area (Å²) >= 11 is 0. The fourth-order valence-corrected chi connectivity index (χ4v) is 2.82. The van der Waals surface area contributed by atoms with E-state index in [2.05, 4.69) is 5.32 Å². The predicted molar refractivity (Wildman–Crippen MR) is 76.7 cm³/mol. The molecule has 0 unspecified atom stereocenters. The summed E-state index contributed by atoms with van der Waals surface area (Å²) in [5.74, 6) is 1.57. The summed E-state index contributed by atoms with van der Waals surface area (Å²) in [6, 6.07) is 5.54. The Balaban J connectivity index is 1.81. The van der Waals surface area contributed by atoms with Gasteiger partial charge in [-0.1, -0.05) is 0 Å². The highest BCUT2D eigenvalue weighted by molar-refractivity contribution is 5.56. The molecule has 0 atom stereocenters. The maximum absolute atomic E-state index is 10.9. The molecule has 1 aromatic rings. The Hall–Kier alpha value is -1.62. The summed E-state index contributed by atoms with van der Waals surface area (Å²) in [5.41, 5.74) is 1.98. The third-order valence-electron chi connectivity index (χ3n) is 4.18. The second-order valence-electron chi connectivity index (χ2n) is 5.88. The van der Waals surface area contributed by atoms with Crippen LogP contribution in [0.15, 0.2) is 18.2 Å². The third-order valence-corrected chi connectivity index (χ3v) is 4.18. The molecule has 2 aliphatic rings. The molecule has 108 valence electrons.